The van der Waals surface area contributed by atoms with E-state index in [1.54, 1.807) is 12.4 Å². The smallest absolute Gasteiger partial charge is 0.290 e. The zero-order valence-electron chi connectivity index (χ0n) is 15.1. The standard InChI is InChI=1S/C18H23N7O/c1-12-15-8-13(10-22-16(15)24(2)23-12)9-21-14-4-3-7-25(11-14)17-18(26)20-6-5-19-17/h5-6,8,10,14,21H,3-4,7,9,11H2,1-2H3,(H,20,26). The van der Waals surface area contributed by atoms with Crippen LogP contribution in [0.2, 0.25) is 0 Å². The molecule has 0 saturated carbocycles. The van der Waals surface area contributed by atoms with Crippen LogP contribution in [0, 0.1) is 6.92 Å². The molecule has 4 heterocycles. The minimum absolute atomic E-state index is 0.130. The summed E-state index contributed by atoms with van der Waals surface area (Å²) in [7, 11) is 1.91. The third kappa shape index (κ3) is 3.20. The van der Waals surface area contributed by atoms with Gasteiger partial charge in [-0.1, -0.05) is 0 Å². The first-order valence-electron chi connectivity index (χ1n) is 8.92. The highest BCUT2D eigenvalue weighted by Crippen LogP contribution is 2.18. The van der Waals surface area contributed by atoms with Gasteiger partial charge >= 0.3 is 0 Å². The van der Waals surface area contributed by atoms with Gasteiger partial charge in [0.25, 0.3) is 5.56 Å². The van der Waals surface area contributed by atoms with Gasteiger partial charge in [0.1, 0.15) is 0 Å². The van der Waals surface area contributed by atoms with E-state index in [0.29, 0.717) is 11.9 Å². The lowest BCUT2D eigenvalue weighted by atomic mass is 10.1. The summed E-state index contributed by atoms with van der Waals surface area (Å²) in [6.07, 6.45) is 7.22. The Morgan fingerprint density at radius 3 is 3.12 bits per heavy atom. The Bertz CT molecular complexity index is 977. The van der Waals surface area contributed by atoms with Gasteiger partial charge in [0, 0.05) is 56.7 Å². The number of aryl methyl sites for hydroxylation is 2. The summed E-state index contributed by atoms with van der Waals surface area (Å²) < 4.78 is 1.81. The second-order valence-corrected chi connectivity index (χ2v) is 6.83. The molecular weight excluding hydrogens is 330 g/mol. The number of fused-ring (bicyclic) bond motifs is 1. The first-order valence-corrected chi connectivity index (χ1v) is 8.92. The average molecular weight is 353 g/mol. The molecule has 136 valence electrons. The number of piperidine rings is 1. The van der Waals surface area contributed by atoms with Gasteiger partial charge in [0.2, 0.25) is 0 Å². The third-order valence-corrected chi connectivity index (χ3v) is 4.92. The summed E-state index contributed by atoms with van der Waals surface area (Å²) in [5.41, 5.74) is 2.91. The van der Waals surface area contributed by atoms with Crippen molar-refractivity contribution in [2.24, 2.45) is 7.05 Å². The topological polar surface area (TPSA) is 91.7 Å². The fourth-order valence-electron chi connectivity index (χ4n) is 3.62. The second-order valence-electron chi connectivity index (χ2n) is 6.83. The molecule has 4 rings (SSSR count). The van der Waals surface area contributed by atoms with Gasteiger partial charge in [-0.15, -0.1) is 0 Å². The van der Waals surface area contributed by atoms with E-state index in [4.69, 9.17) is 0 Å². The van der Waals surface area contributed by atoms with Crippen molar-refractivity contribution in [1.82, 2.24) is 30.0 Å². The lowest BCUT2D eigenvalue weighted by Gasteiger charge is -2.33. The molecule has 0 spiro atoms. The van der Waals surface area contributed by atoms with Crippen LogP contribution in [-0.2, 0) is 13.6 Å². The highest BCUT2D eigenvalue weighted by Gasteiger charge is 2.22. The number of rotatable bonds is 4. The van der Waals surface area contributed by atoms with Crippen molar-refractivity contribution >= 4 is 16.9 Å². The normalized spacial score (nSPS) is 17.8. The molecule has 0 radical (unpaired) electrons. The van der Waals surface area contributed by atoms with Crippen LogP contribution < -0.4 is 15.8 Å². The molecule has 1 aliphatic heterocycles. The molecular formula is C18H23N7O. The molecule has 0 bridgehead atoms. The maximum Gasteiger partial charge on any atom is 0.290 e. The van der Waals surface area contributed by atoms with Crippen LogP contribution in [0.3, 0.4) is 0 Å². The molecule has 0 aromatic carbocycles. The number of nitrogens with one attached hydrogen (secondary N) is 2. The highest BCUT2D eigenvalue weighted by atomic mass is 16.1. The van der Waals surface area contributed by atoms with Crippen molar-refractivity contribution in [3.05, 3.63) is 46.3 Å². The molecule has 1 atom stereocenters. The Kier molecular flexibility index (Phi) is 4.42. The largest absolute Gasteiger partial charge is 0.350 e. The van der Waals surface area contributed by atoms with Crippen molar-refractivity contribution < 1.29 is 0 Å². The van der Waals surface area contributed by atoms with Crippen molar-refractivity contribution in [2.45, 2.75) is 32.4 Å². The van der Waals surface area contributed by atoms with E-state index < -0.39 is 0 Å². The maximum absolute atomic E-state index is 12.0. The summed E-state index contributed by atoms with van der Waals surface area (Å²) in [6, 6.07) is 2.47. The summed E-state index contributed by atoms with van der Waals surface area (Å²) in [6.45, 7) is 4.39. The van der Waals surface area contributed by atoms with E-state index in [1.807, 2.05) is 24.9 Å². The molecule has 2 N–H and O–H groups in total. The number of H-pyrrole nitrogens is 1. The average Bonchev–Trinajstić information content (AvgIpc) is 2.94. The minimum Gasteiger partial charge on any atom is -0.350 e. The van der Waals surface area contributed by atoms with Crippen molar-refractivity contribution in [1.29, 1.82) is 0 Å². The molecule has 1 unspecified atom stereocenters. The van der Waals surface area contributed by atoms with Crippen molar-refractivity contribution in [3.63, 3.8) is 0 Å². The van der Waals surface area contributed by atoms with E-state index >= 15 is 0 Å². The maximum atomic E-state index is 12.0. The number of hydrogen-bond acceptors (Lipinski definition) is 6. The Hall–Kier alpha value is -2.74. The Morgan fingerprint density at radius 1 is 1.38 bits per heavy atom. The molecule has 1 saturated heterocycles. The van der Waals surface area contributed by atoms with E-state index in [1.165, 1.54) is 0 Å². The van der Waals surface area contributed by atoms with E-state index in [0.717, 1.165) is 54.8 Å². The monoisotopic (exact) mass is 353 g/mol. The summed E-state index contributed by atoms with van der Waals surface area (Å²) in [5.74, 6) is 0.507. The van der Waals surface area contributed by atoms with Crippen LogP contribution in [0.5, 0.6) is 0 Å². The van der Waals surface area contributed by atoms with Gasteiger partial charge in [-0.25, -0.2) is 9.97 Å². The summed E-state index contributed by atoms with van der Waals surface area (Å²) in [4.78, 5) is 25.5. The Balaban J connectivity index is 1.44. The minimum atomic E-state index is -0.130. The number of nitrogens with zero attached hydrogens (tertiary/aromatic N) is 5. The van der Waals surface area contributed by atoms with Crippen LogP contribution in [0.1, 0.15) is 24.1 Å². The van der Waals surface area contributed by atoms with E-state index in [9.17, 15) is 4.79 Å². The fourth-order valence-corrected chi connectivity index (χ4v) is 3.62. The predicted molar refractivity (Wildman–Crippen MR) is 100 cm³/mol. The number of aromatic nitrogens is 5. The lowest BCUT2D eigenvalue weighted by Crippen LogP contribution is -2.47. The summed E-state index contributed by atoms with van der Waals surface area (Å²) >= 11 is 0. The number of hydrogen-bond donors (Lipinski definition) is 2. The summed E-state index contributed by atoms with van der Waals surface area (Å²) in [5, 5.41) is 9.11. The zero-order chi connectivity index (χ0) is 18.1. The molecule has 8 heteroatoms. The van der Waals surface area contributed by atoms with Crippen LogP contribution in [-0.4, -0.2) is 43.9 Å². The first-order chi connectivity index (χ1) is 12.6. The molecule has 0 amide bonds. The number of pyridine rings is 1. The van der Waals surface area contributed by atoms with Crippen LogP contribution >= 0.6 is 0 Å². The van der Waals surface area contributed by atoms with Crippen LogP contribution in [0.15, 0.2) is 29.5 Å². The van der Waals surface area contributed by atoms with E-state index in [-0.39, 0.29) is 5.56 Å². The van der Waals surface area contributed by atoms with E-state index in [2.05, 4.69) is 36.3 Å². The predicted octanol–water partition coefficient (Wildman–Crippen LogP) is 1.12. The zero-order valence-corrected chi connectivity index (χ0v) is 15.1. The molecule has 1 fully saturated rings. The lowest BCUT2D eigenvalue weighted by molar-refractivity contribution is 0.419. The highest BCUT2D eigenvalue weighted by molar-refractivity contribution is 5.78. The number of anilines is 1. The Labute approximate surface area is 151 Å². The SMILES string of the molecule is Cc1nn(C)c2ncc(CNC3CCCN(c4ncc[nH]c4=O)C3)cc12. The molecule has 3 aromatic heterocycles. The van der Waals surface area contributed by atoms with Gasteiger partial charge in [-0.05, 0) is 31.4 Å². The fraction of sp³-hybridized carbons (Fsp3) is 0.444. The van der Waals surface area contributed by atoms with Crippen LogP contribution in [0.25, 0.3) is 11.0 Å². The van der Waals surface area contributed by atoms with Gasteiger partial charge in [-0.3, -0.25) is 9.48 Å². The molecule has 0 aliphatic carbocycles. The third-order valence-electron chi connectivity index (χ3n) is 4.92. The second kappa shape index (κ2) is 6.87. The van der Waals surface area contributed by atoms with Gasteiger partial charge in [0.15, 0.2) is 11.5 Å². The molecule has 3 aromatic rings. The molecule has 8 nitrogen and oxygen atoms in total. The van der Waals surface area contributed by atoms with Crippen molar-refractivity contribution in [2.75, 3.05) is 18.0 Å². The van der Waals surface area contributed by atoms with Gasteiger partial charge < -0.3 is 15.2 Å². The first kappa shape index (κ1) is 16.7. The quantitative estimate of drug-likeness (QED) is 0.730. The Morgan fingerprint density at radius 2 is 2.27 bits per heavy atom. The number of aromatic amines is 1. The van der Waals surface area contributed by atoms with Gasteiger partial charge in [0.05, 0.1) is 5.69 Å². The van der Waals surface area contributed by atoms with Crippen LogP contribution in [0.4, 0.5) is 5.82 Å². The molecule has 1 aliphatic rings. The van der Waals surface area contributed by atoms with Gasteiger partial charge in [-0.2, -0.15) is 5.10 Å². The van der Waals surface area contributed by atoms with Crippen molar-refractivity contribution in [3.8, 4) is 0 Å². The molecule has 26 heavy (non-hydrogen) atoms.